The van der Waals surface area contributed by atoms with Crippen LogP contribution in [0.1, 0.15) is 87.5 Å². The molecule has 0 aromatic heterocycles. The van der Waals surface area contributed by atoms with Crippen molar-refractivity contribution in [2.75, 3.05) is 13.2 Å². The van der Waals surface area contributed by atoms with Gasteiger partial charge in [-0.05, 0) is 108 Å². The van der Waals surface area contributed by atoms with Crippen molar-refractivity contribution in [3.63, 3.8) is 0 Å². The number of benzene rings is 6. The van der Waals surface area contributed by atoms with Crippen LogP contribution in [0, 0.1) is 0 Å². The van der Waals surface area contributed by atoms with E-state index in [4.69, 9.17) is 18.9 Å². The predicted molar refractivity (Wildman–Crippen MR) is 235 cm³/mol. The fourth-order valence-corrected chi connectivity index (χ4v) is 6.32. The maximum absolute atomic E-state index is 6.38. The molecular formula is C52H54O4. The SMILES string of the molecule is CCCCCCOc1ccc(-c2ccc(OCCCCCC)c(/C=C/c3ccc(Oc4ccccc4)cc3)c2)cc1/C=C/c1ccc(Oc2ccccc2)cc1. The second-order valence-electron chi connectivity index (χ2n) is 14.0. The van der Waals surface area contributed by atoms with E-state index in [1.807, 2.05) is 84.9 Å². The summed E-state index contributed by atoms with van der Waals surface area (Å²) in [4.78, 5) is 0. The smallest absolute Gasteiger partial charge is 0.127 e. The molecule has 0 bridgehead atoms. The Morgan fingerprint density at radius 1 is 0.375 bits per heavy atom. The minimum absolute atomic E-state index is 0.699. The molecule has 0 amide bonds. The molecule has 6 aromatic carbocycles. The average molecular weight is 743 g/mol. The first-order valence-corrected chi connectivity index (χ1v) is 20.2. The Morgan fingerprint density at radius 3 is 1.16 bits per heavy atom. The summed E-state index contributed by atoms with van der Waals surface area (Å²) in [6.07, 6.45) is 17.9. The molecule has 6 aromatic rings. The van der Waals surface area contributed by atoms with Gasteiger partial charge in [0, 0.05) is 11.1 Å². The molecule has 0 aliphatic rings. The van der Waals surface area contributed by atoms with E-state index in [1.54, 1.807) is 0 Å². The van der Waals surface area contributed by atoms with Crippen molar-refractivity contribution >= 4 is 24.3 Å². The van der Waals surface area contributed by atoms with Gasteiger partial charge in [-0.3, -0.25) is 0 Å². The summed E-state index contributed by atoms with van der Waals surface area (Å²) in [6, 6.07) is 49.0. The summed E-state index contributed by atoms with van der Waals surface area (Å²) >= 11 is 0. The minimum atomic E-state index is 0.699. The number of hydrogen-bond acceptors (Lipinski definition) is 4. The van der Waals surface area contributed by atoms with Gasteiger partial charge in [0.05, 0.1) is 13.2 Å². The van der Waals surface area contributed by atoms with Gasteiger partial charge in [0.25, 0.3) is 0 Å². The van der Waals surface area contributed by atoms with Crippen LogP contribution in [0.5, 0.6) is 34.5 Å². The Labute approximate surface area is 334 Å². The second-order valence-corrected chi connectivity index (χ2v) is 14.0. The first kappa shape index (κ1) is 39.7. The molecule has 0 atom stereocenters. The van der Waals surface area contributed by atoms with Crippen LogP contribution >= 0.6 is 0 Å². The van der Waals surface area contributed by atoms with Crippen LogP contribution in [-0.2, 0) is 0 Å². The molecule has 0 radical (unpaired) electrons. The Kier molecular flexibility index (Phi) is 15.4. The van der Waals surface area contributed by atoms with Gasteiger partial charge in [-0.1, -0.05) is 149 Å². The highest BCUT2D eigenvalue weighted by Gasteiger charge is 2.10. The molecule has 0 N–H and O–H groups in total. The summed E-state index contributed by atoms with van der Waals surface area (Å²) in [5, 5.41) is 0. The van der Waals surface area contributed by atoms with E-state index in [1.165, 1.54) is 38.5 Å². The van der Waals surface area contributed by atoms with Crippen LogP contribution in [0.2, 0.25) is 0 Å². The fraction of sp³-hybridized carbons (Fsp3) is 0.231. The quantitative estimate of drug-likeness (QED) is 0.0543. The highest BCUT2D eigenvalue weighted by molar-refractivity contribution is 5.80. The third-order valence-electron chi connectivity index (χ3n) is 9.49. The van der Waals surface area contributed by atoms with Crippen molar-refractivity contribution in [3.8, 4) is 45.6 Å². The molecule has 286 valence electrons. The Balaban J connectivity index is 1.24. The lowest BCUT2D eigenvalue weighted by Crippen LogP contribution is -2.00. The van der Waals surface area contributed by atoms with Gasteiger partial charge >= 0.3 is 0 Å². The van der Waals surface area contributed by atoms with E-state index < -0.39 is 0 Å². The average Bonchev–Trinajstić information content (AvgIpc) is 3.24. The lowest BCUT2D eigenvalue weighted by molar-refractivity contribution is 0.304. The standard InChI is InChI=1S/C52H54O4/c1-3-5-7-15-37-53-51-35-29-43(39-45(51)27-21-41-23-31-49(32-24-41)55-47-17-11-9-12-18-47)44-30-36-52(54-38-16-8-6-4-2)46(40-44)28-22-42-25-33-50(34-26-42)56-48-19-13-10-14-20-48/h9-14,17-36,39-40H,3-8,15-16,37-38H2,1-2H3/b27-21+,28-22+. The van der Waals surface area contributed by atoms with Gasteiger partial charge in [0.15, 0.2) is 0 Å². The minimum Gasteiger partial charge on any atom is -0.493 e. The van der Waals surface area contributed by atoms with E-state index in [2.05, 4.69) is 98.8 Å². The lowest BCUT2D eigenvalue weighted by Gasteiger charge is -2.14. The fourth-order valence-electron chi connectivity index (χ4n) is 6.32. The maximum Gasteiger partial charge on any atom is 0.127 e. The van der Waals surface area contributed by atoms with Crippen LogP contribution in [0.15, 0.2) is 146 Å². The monoisotopic (exact) mass is 742 g/mol. The third-order valence-corrected chi connectivity index (χ3v) is 9.49. The van der Waals surface area contributed by atoms with Crippen LogP contribution in [0.4, 0.5) is 0 Å². The molecule has 0 aliphatic carbocycles. The largest absolute Gasteiger partial charge is 0.493 e. The van der Waals surface area contributed by atoms with Gasteiger partial charge in [-0.2, -0.15) is 0 Å². The summed E-state index contributed by atoms with van der Waals surface area (Å²) in [6.45, 7) is 5.86. The first-order chi connectivity index (χ1) is 27.7. The first-order valence-electron chi connectivity index (χ1n) is 20.2. The van der Waals surface area contributed by atoms with Gasteiger partial charge in [-0.15, -0.1) is 0 Å². The van der Waals surface area contributed by atoms with E-state index in [-0.39, 0.29) is 0 Å². The maximum atomic E-state index is 6.38. The topological polar surface area (TPSA) is 36.9 Å². The summed E-state index contributed by atoms with van der Waals surface area (Å²) < 4.78 is 24.8. The number of rotatable bonds is 21. The molecular weight excluding hydrogens is 689 g/mol. The van der Waals surface area contributed by atoms with E-state index in [0.717, 1.165) is 80.7 Å². The van der Waals surface area contributed by atoms with E-state index >= 15 is 0 Å². The predicted octanol–water partition coefficient (Wildman–Crippen LogP) is 15.2. The number of ether oxygens (including phenoxy) is 4. The van der Waals surface area contributed by atoms with Crippen molar-refractivity contribution in [1.82, 2.24) is 0 Å². The van der Waals surface area contributed by atoms with Crippen LogP contribution in [0.25, 0.3) is 35.4 Å². The number of unbranched alkanes of at least 4 members (excludes halogenated alkanes) is 6. The molecule has 0 fully saturated rings. The van der Waals surface area contributed by atoms with Crippen LogP contribution in [0.3, 0.4) is 0 Å². The van der Waals surface area contributed by atoms with Crippen molar-refractivity contribution in [1.29, 1.82) is 0 Å². The van der Waals surface area contributed by atoms with Gasteiger partial charge in [0.2, 0.25) is 0 Å². The number of para-hydroxylation sites is 2. The Bertz CT molecular complexity index is 1950. The van der Waals surface area contributed by atoms with Gasteiger partial charge in [-0.25, -0.2) is 0 Å². The molecule has 0 aliphatic heterocycles. The summed E-state index contributed by atoms with van der Waals surface area (Å²) in [5.41, 5.74) is 6.46. The lowest BCUT2D eigenvalue weighted by atomic mass is 9.99. The Hall–Kier alpha value is -6.00. The molecule has 6 rings (SSSR count). The van der Waals surface area contributed by atoms with Gasteiger partial charge < -0.3 is 18.9 Å². The molecule has 0 heterocycles. The normalized spacial score (nSPS) is 11.2. The van der Waals surface area contributed by atoms with E-state index in [9.17, 15) is 0 Å². The molecule has 4 nitrogen and oxygen atoms in total. The van der Waals surface area contributed by atoms with Crippen molar-refractivity contribution < 1.29 is 18.9 Å². The zero-order valence-corrected chi connectivity index (χ0v) is 32.9. The van der Waals surface area contributed by atoms with Crippen LogP contribution in [-0.4, -0.2) is 13.2 Å². The molecule has 0 spiro atoms. The van der Waals surface area contributed by atoms with E-state index in [0.29, 0.717) is 13.2 Å². The van der Waals surface area contributed by atoms with Crippen LogP contribution < -0.4 is 18.9 Å². The molecule has 56 heavy (non-hydrogen) atoms. The van der Waals surface area contributed by atoms with Gasteiger partial charge in [0.1, 0.15) is 34.5 Å². The molecule has 0 saturated heterocycles. The highest BCUT2D eigenvalue weighted by Crippen LogP contribution is 2.33. The molecule has 0 saturated carbocycles. The van der Waals surface area contributed by atoms with Crippen molar-refractivity contribution in [2.45, 2.75) is 65.2 Å². The summed E-state index contributed by atoms with van der Waals surface area (Å²) in [5.74, 6) is 5.02. The van der Waals surface area contributed by atoms with Crippen molar-refractivity contribution in [3.05, 3.63) is 168 Å². The highest BCUT2D eigenvalue weighted by atomic mass is 16.5. The van der Waals surface area contributed by atoms with Crippen molar-refractivity contribution in [2.24, 2.45) is 0 Å². The molecule has 4 heteroatoms. The third kappa shape index (κ3) is 12.5. The number of hydrogen-bond donors (Lipinski definition) is 0. The second kappa shape index (κ2) is 21.8. The molecule has 0 unspecified atom stereocenters. The zero-order chi connectivity index (χ0) is 38.6. The zero-order valence-electron chi connectivity index (χ0n) is 32.9. The summed E-state index contributed by atoms with van der Waals surface area (Å²) in [7, 11) is 0. The Morgan fingerprint density at radius 2 is 0.768 bits per heavy atom.